The predicted octanol–water partition coefficient (Wildman–Crippen LogP) is 2.89. The van der Waals surface area contributed by atoms with Crippen LogP contribution in [0.15, 0.2) is 24.4 Å². The van der Waals surface area contributed by atoms with Crippen LogP contribution in [-0.2, 0) is 20.0 Å². The minimum absolute atomic E-state index is 0.377. The molecule has 4 nitrogen and oxygen atoms in total. The molecule has 0 aliphatic rings. The first-order valence-corrected chi connectivity index (χ1v) is 7.21. The summed E-state index contributed by atoms with van der Waals surface area (Å²) < 4.78 is 22.4. The van der Waals surface area contributed by atoms with Gasteiger partial charge >= 0.3 is 7.60 Å². The number of pyridine rings is 1. The minimum atomic E-state index is -2.86. The first-order valence-electron chi connectivity index (χ1n) is 5.48. The number of rotatable bonds is 7. The SMILES string of the molecule is CCOP(=O)(CC)OCCc1ccccn1. The van der Waals surface area contributed by atoms with Crippen molar-refractivity contribution in [3.63, 3.8) is 0 Å². The second-order valence-corrected chi connectivity index (χ2v) is 5.62. The molecule has 0 radical (unpaired) electrons. The van der Waals surface area contributed by atoms with Crippen LogP contribution in [0.2, 0.25) is 0 Å². The van der Waals surface area contributed by atoms with Crippen LogP contribution in [0.25, 0.3) is 0 Å². The Kier molecular flexibility index (Phi) is 5.67. The van der Waals surface area contributed by atoms with E-state index in [0.29, 0.717) is 25.8 Å². The van der Waals surface area contributed by atoms with Crippen molar-refractivity contribution in [3.8, 4) is 0 Å². The molecule has 0 aliphatic heterocycles. The molecule has 0 amide bonds. The number of hydrogen-bond donors (Lipinski definition) is 0. The van der Waals surface area contributed by atoms with Gasteiger partial charge in [-0.2, -0.15) is 0 Å². The van der Waals surface area contributed by atoms with Gasteiger partial charge in [-0.3, -0.25) is 9.55 Å². The molecular weight excluding hydrogens is 225 g/mol. The number of hydrogen-bond acceptors (Lipinski definition) is 4. The second kappa shape index (κ2) is 6.79. The molecule has 0 aromatic carbocycles. The van der Waals surface area contributed by atoms with Crippen molar-refractivity contribution in [1.82, 2.24) is 4.98 Å². The molecular formula is C11H18NO3P. The lowest BCUT2D eigenvalue weighted by atomic mass is 10.3. The van der Waals surface area contributed by atoms with E-state index in [-0.39, 0.29) is 0 Å². The zero-order chi connectivity index (χ0) is 11.9. The Morgan fingerprint density at radius 3 is 2.69 bits per heavy atom. The van der Waals surface area contributed by atoms with Crippen LogP contribution < -0.4 is 0 Å². The van der Waals surface area contributed by atoms with Crippen LogP contribution in [0.1, 0.15) is 19.5 Å². The van der Waals surface area contributed by atoms with Gasteiger partial charge in [-0.25, -0.2) is 0 Å². The average Bonchev–Trinajstić information content (AvgIpc) is 2.31. The van der Waals surface area contributed by atoms with Gasteiger partial charge < -0.3 is 9.05 Å². The first kappa shape index (κ1) is 13.4. The summed E-state index contributed by atoms with van der Waals surface area (Å²) in [6.07, 6.45) is 2.79. The van der Waals surface area contributed by atoms with E-state index in [2.05, 4.69) is 4.98 Å². The third kappa shape index (κ3) is 4.44. The maximum atomic E-state index is 11.9. The second-order valence-electron chi connectivity index (χ2n) is 3.25. The van der Waals surface area contributed by atoms with Crippen LogP contribution in [0.3, 0.4) is 0 Å². The highest BCUT2D eigenvalue weighted by Crippen LogP contribution is 2.47. The number of nitrogens with zero attached hydrogens (tertiary/aromatic N) is 1. The smallest absolute Gasteiger partial charge is 0.309 e. The van der Waals surface area contributed by atoms with E-state index in [1.54, 1.807) is 13.1 Å². The van der Waals surface area contributed by atoms with E-state index < -0.39 is 7.60 Å². The van der Waals surface area contributed by atoms with Gasteiger partial charge in [-0.15, -0.1) is 0 Å². The van der Waals surface area contributed by atoms with Crippen molar-refractivity contribution in [3.05, 3.63) is 30.1 Å². The predicted molar refractivity (Wildman–Crippen MR) is 63.7 cm³/mol. The molecule has 0 N–H and O–H groups in total. The summed E-state index contributed by atoms with van der Waals surface area (Å²) >= 11 is 0. The van der Waals surface area contributed by atoms with Crippen molar-refractivity contribution in [2.24, 2.45) is 0 Å². The molecule has 0 fully saturated rings. The minimum Gasteiger partial charge on any atom is -0.309 e. The Hall–Kier alpha value is -0.700. The molecule has 90 valence electrons. The van der Waals surface area contributed by atoms with Gasteiger partial charge in [-0.05, 0) is 19.1 Å². The third-order valence-corrected chi connectivity index (χ3v) is 4.09. The molecule has 0 saturated heterocycles. The zero-order valence-electron chi connectivity index (χ0n) is 9.76. The van der Waals surface area contributed by atoms with E-state index in [1.807, 2.05) is 25.1 Å². The summed E-state index contributed by atoms with van der Waals surface area (Å²) in [5, 5.41) is 0. The molecule has 5 heteroatoms. The van der Waals surface area contributed by atoms with Crippen molar-refractivity contribution in [2.75, 3.05) is 19.4 Å². The highest BCUT2D eigenvalue weighted by molar-refractivity contribution is 7.53. The maximum absolute atomic E-state index is 11.9. The Morgan fingerprint density at radius 1 is 1.31 bits per heavy atom. The normalized spacial score (nSPS) is 14.6. The van der Waals surface area contributed by atoms with E-state index in [9.17, 15) is 4.57 Å². The summed E-state index contributed by atoms with van der Waals surface area (Å²) in [7, 11) is -2.86. The molecule has 1 unspecified atom stereocenters. The van der Waals surface area contributed by atoms with Crippen molar-refractivity contribution < 1.29 is 13.6 Å². The van der Waals surface area contributed by atoms with Gasteiger partial charge in [0.1, 0.15) is 0 Å². The molecule has 1 aromatic heterocycles. The average molecular weight is 243 g/mol. The fourth-order valence-corrected chi connectivity index (χ4v) is 2.45. The summed E-state index contributed by atoms with van der Waals surface area (Å²) in [5.41, 5.74) is 0.932. The maximum Gasteiger partial charge on any atom is 0.330 e. The lowest BCUT2D eigenvalue weighted by Crippen LogP contribution is -2.02. The van der Waals surface area contributed by atoms with E-state index in [4.69, 9.17) is 9.05 Å². The highest BCUT2D eigenvalue weighted by atomic mass is 31.2. The summed E-state index contributed by atoms with van der Waals surface area (Å²) in [4.78, 5) is 4.16. The third-order valence-electron chi connectivity index (χ3n) is 2.09. The molecule has 0 spiro atoms. The molecule has 0 aliphatic carbocycles. The van der Waals surface area contributed by atoms with Gasteiger partial charge in [0.25, 0.3) is 0 Å². The van der Waals surface area contributed by atoms with Crippen LogP contribution in [0.5, 0.6) is 0 Å². The van der Waals surface area contributed by atoms with Crippen LogP contribution in [0, 0.1) is 0 Å². The van der Waals surface area contributed by atoms with E-state index >= 15 is 0 Å². The fourth-order valence-electron chi connectivity index (χ4n) is 1.25. The van der Waals surface area contributed by atoms with E-state index in [0.717, 1.165) is 5.69 Å². The lowest BCUT2D eigenvalue weighted by Gasteiger charge is -2.15. The van der Waals surface area contributed by atoms with Gasteiger partial charge in [0.2, 0.25) is 0 Å². The van der Waals surface area contributed by atoms with Crippen LogP contribution in [0.4, 0.5) is 0 Å². The van der Waals surface area contributed by atoms with Crippen LogP contribution in [-0.4, -0.2) is 24.4 Å². The number of aromatic nitrogens is 1. The molecule has 0 saturated carbocycles. The Bertz CT molecular complexity index is 342. The Morgan fingerprint density at radius 2 is 2.12 bits per heavy atom. The lowest BCUT2D eigenvalue weighted by molar-refractivity contribution is 0.214. The van der Waals surface area contributed by atoms with Gasteiger partial charge in [0, 0.05) is 24.5 Å². The van der Waals surface area contributed by atoms with E-state index in [1.165, 1.54) is 0 Å². The Labute approximate surface area is 96.5 Å². The quantitative estimate of drug-likeness (QED) is 0.691. The zero-order valence-corrected chi connectivity index (χ0v) is 10.7. The van der Waals surface area contributed by atoms with Crippen molar-refractivity contribution in [2.45, 2.75) is 20.3 Å². The molecule has 1 heterocycles. The summed E-state index contributed by atoms with van der Waals surface area (Å²) in [6, 6.07) is 5.70. The molecule has 16 heavy (non-hydrogen) atoms. The highest BCUT2D eigenvalue weighted by Gasteiger charge is 2.20. The molecule has 1 rings (SSSR count). The van der Waals surface area contributed by atoms with Gasteiger partial charge in [-0.1, -0.05) is 13.0 Å². The first-order chi connectivity index (χ1) is 7.70. The standard InChI is InChI=1S/C11H18NO3P/c1-3-14-16(13,4-2)15-10-8-11-7-5-6-9-12-11/h5-7,9H,3-4,8,10H2,1-2H3. The van der Waals surface area contributed by atoms with Gasteiger partial charge in [0.05, 0.1) is 13.2 Å². The Balaban J connectivity index is 2.37. The van der Waals surface area contributed by atoms with Crippen LogP contribution >= 0.6 is 7.60 Å². The summed E-state index contributed by atoms with van der Waals surface area (Å²) in [6.45, 7) is 4.40. The van der Waals surface area contributed by atoms with Crippen molar-refractivity contribution >= 4 is 7.60 Å². The molecule has 1 atom stereocenters. The molecule has 1 aromatic rings. The topological polar surface area (TPSA) is 48.4 Å². The summed E-state index contributed by atoms with van der Waals surface area (Å²) in [5.74, 6) is 0. The molecule has 0 bridgehead atoms. The monoisotopic (exact) mass is 243 g/mol. The van der Waals surface area contributed by atoms with Crippen molar-refractivity contribution in [1.29, 1.82) is 0 Å². The fraction of sp³-hybridized carbons (Fsp3) is 0.545. The van der Waals surface area contributed by atoms with Gasteiger partial charge in [0.15, 0.2) is 0 Å². The largest absolute Gasteiger partial charge is 0.330 e.